The van der Waals surface area contributed by atoms with Crippen LogP contribution in [0.15, 0.2) is 22.7 Å². The minimum absolute atomic E-state index is 0.307. The molecule has 0 fully saturated rings. The molecular weight excluding hydrogens is 255 g/mol. The van der Waals surface area contributed by atoms with Crippen molar-refractivity contribution in [3.8, 4) is 5.75 Å². The zero-order chi connectivity index (χ0) is 10.7. The highest BCUT2D eigenvalue weighted by molar-refractivity contribution is 9.10. The van der Waals surface area contributed by atoms with E-state index >= 15 is 0 Å². The number of carboxylic acid groups (broad SMARTS) is 1. The summed E-state index contributed by atoms with van der Waals surface area (Å²) in [6, 6.07) is 3.79. The lowest BCUT2D eigenvalue weighted by molar-refractivity contribution is -0.144. The predicted molar refractivity (Wildman–Crippen MR) is 51.8 cm³/mol. The van der Waals surface area contributed by atoms with Gasteiger partial charge in [-0.2, -0.15) is 0 Å². The Labute approximate surface area is 88.6 Å². The van der Waals surface area contributed by atoms with Crippen LogP contribution in [0.2, 0.25) is 0 Å². The highest BCUT2D eigenvalue weighted by Gasteiger charge is 2.14. The van der Waals surface area contributed by atoms with Crippen LogP contribution in [-0.4, -0.2) is 17.2 Å². The topological polar surface area (TPSA) is 46.5 Å². The fourth-order valence-electron chi connectivity index (χ4n) is 0.812. The first kappa shape index (κ1) is 11.0. The predicted octanol–water partition coefficient (Wildman–Crippen LogP) is 2.44. The SMILES string of the molecule is C[C@H](Oc1ccc(F)cc1Br)C(=O)O. The first-order chi connectivity index (χ1) is 6.50. The Morgan fingerprint density at radius 3 is 2.79 bits per heavy atom. The normalized spacial score (nSPS) is 12.2. The van der Waals surface area contributed by atoms with Crippen LogP contribution in [0.25, 0.3) is 0 Å². The van der Waals surface area contributed by atoms with Gasteiger partial charge in [0.05, 0.1) is 4.47 Å². The standard InChI is InChI=1S/C9H8BrFO3/c1-5(9(12)13)14-8-3-2-6(11)4-7(8)10/h2-5H,1H3,(H,12,13)/t5-/m0/s1. The van der Waals surface area contributed by atoms with E-state index in [1.54, 1.807) is 0 Å². The van der Waals surface area contributed by atoms with E-state index in [4.69, 9.17) is 9.84 Å². The molecule has 1 atom stereocenters. The molecule has 0 radical (unpaired) electrons. The number of benzene rings is 1. The molecule has 1 aromatic carbocycles. The van der Waals surface area contributed by atoms with Gasteiger partial charge in [-0.3, -0.25) is 0 Å². The Balaban J connectivity index is 2.82. The summed E-state index contributed by atoms with van der Waals surface area (Å²) < 4.78 is 18.1. The molecule has 0 spiro atoms. The fourth-order valence-corrected chi connectivity index (χ4v) is 1.26. The van der Waals surface area contributed by atoms with Crippen LogP contribution in [0, 0.1) is 5.82 Å². The summed E-state index contributed by atoms with van der Waals surface area (Å²) in [5.41, 5.74) is 0. The molecular formula is C9H8BrFO3. The molecule has 76 valence electrons. The highest BCUT2D eigenvalue weighted by Crippen LogP contribution is 2.26. The van der Waals surface area contributed by atoms with Crippen LogP contribution >= 0.6 is 15.9 Å². The van der Waals surface area contributed by atoms with Gasteiger partial charge in [0, 0.05) is 0 Å². The molecule has 0 heterocycles. The molecule has 1 rings (SSSR count). The summed E-state index contributed by atoms with van der Waals surface area (Å²) in [7, 11) is 0. The molecule has 0 saturated heterocycles. The van der Waals surface area contributed by atoms with Gasteiger partial charge in [0.2, 0.25) is 0 Å². The van der Waals surface area contributed by atoms with E-state index in [9.17, 15) is 9.18 Å². The van der Waals surface area contributed by atoms with E-state index in [0.29, 0.717) is 10.2 Å². The van der Waals surface area contributed by atoms with E-state index in [1.807, 2.05) is 0 Å². The number of halogens is 2. The Bertz CT molecular complexity index is 354. The van der Waals surface area contributed by atoms with Crippen molar-refractivity contribution in [2.24, 2.45) is 0 Å². The maximum Gasteiger partial charge on any atom is 0.344 e. The zero-order valence-corrected chi connectivity index (χ0v) is 8.92. The van der Waals surface area contributed by atoms with E-state index < -0.39 is 17.9 Å². The van der Waals surface area contributed by atoms with Gasteiger partial charge in [-0.15, -0.1) is 0 Å². The van der Waals surface area contributed by atoms with Gasteiger partial charge in [0.1, 0.15) is 11.6 Å². The Kier molecular flexibility index (Phi) is 3.46. The van der Waals surface area contributed by atoms with Gasteiger partial charge in [0.15, 0.2) is 6.10 Å². The van der Waals surface area contributed by atoms with Crippen molar-refractivity contribution < 1.29 is 19.0 Å². The largest absolute Gasteiger partial charge is 0.479 e. The monoisotopic (exact) mass is 262 g/mol. The van der Waals surface area contributed by atoms with Crippen LogP contribution < -0.4 is 4.74 Å². The van der Waals surface area contributed by atoms with E-state index in [2.05, 4.69) is 15.9 Å². The number of rotatable bonds is 3. The average molecular weight is 263 g/mol. The molecule has 1 N–H and O–H groups in total. The van der Waals surface area contributed by atoms with Crippen molar-refractivity contribution in [2.75, 3.05) is 0 Å². The number of carbonyl (C=O) groups is 1. The second kappa shape index (κ2) is 4.41. The molecule has 3 nitrogen and oxygen atoms in total. The molecule has 14 heavy (non-hydrogen) atoms. The number of hydrogen-bond donors (Lipinski definition) is 1. The Morgan fingerprint density at radius 1 is 1.64 bits per heavy atom. The zero-order valence-electron chi connectivity index (χ0n) is 7.33. The molecule has 0 amide bonds. The Morgan fingerprint density at radius 2 is 2.29 bits per heavy atom. The third kappa shape index (κ3) is 2.70. The maximum absolute atomic E-state index is 12.6. The van der Waals surface area contributed by atoms with Gasteiger partial charge in [-0.1, -0.05) is 0 Å². The van der Waals surface area contributed by atoms with Gasteiger partial charge in [-0.25, -0.2) is 9.18 Å². The van der Waals surface area contributed by atoms with Crippen LogP contribution in [0.5, 0.6) is 5.75 Å². The number of carboxylic acids is 1. The summed E-state index contributed by atoms with van der Waals surface area (Å²) in [4.78, 5) is 10.5. The lowest BCUT2D eigenvalue weighted by Gasteiger charge is -2.11. The van der Waals surface area contributed by atoms with Crippen LogP contribution in [0.1, 0.15) is 6.92 Å². The molecule has 0 aliphatic carbocycles. The summed E-state index contributed by atoms with van der Waals surface area (Å²) >= 11 is 3.07. The molecule has 0 aromatic heterocycles. The Hall–Kier alpha value is -1.10. The molecule has 0 saturated carbocycles. The van der Waals surface area contributed by atoms with E-state index in [0.717, 1.165) is 0 Å². The summed E-state index contributed by atoms with van der Waals surface area (Å²) in [5, 5.41) is 8.57. The van der Waals surface area contributed by atoms with E-state index in [1.165, 1.54) is 25.1 Å². The summed E-state index contributed by atoms with van der Waals surface area (Å²) in [6.07, 6.45) is -0.961. The van der Waals surface area contributed by atoms with Crippen molar-refractivity contribution >= 4 is 21.9 Å². The lowest BCUT2D eigenvalue weighted by atomic mass is 10.3. The lowest BCUT2D eigenvalue weighted by Crippen LogP contribution is -2.23. The second-order valence-corrected chi connectivity index (χ2v) is 3.53. The third-order valence-corrected chi connectivity index (χ3v) is 2.17. The minimum Gasteiger partial charge on any atom is -0.479 e. The first-order valence-electron chi connectivity index (χ1n) is 3.85. The molecule has 1 aromatic rings. The van der Waals surface area contributed by atoms with Crippen molar-refractivity contribution in [1.82, 2.24) is 0 Å². The van der Waals surface area contributed by atoms with Crippen LogP contribution in [0.3, 0.4) is 0 Å². The highest BCUT2D eigenvalue weighted by atomic mass is 79.9. The summed E-state index contributed by atoms with van der Waals surface area (Å²) in [6.45, 7) is 1.40. The average Bonchev–Trinajstić information content (AvgIpc) is 2.09. The number of hydrogen-bond acceptors (Lipinski definition) is 2. The van der Waals surface area contributed by atoms with Crippen molar-refractivity contribution in [3.05, 3.63) is 28.5 Å². The number of ether oxygens (including phenoxy) is 1. The van der Waals surface area contributed by atoms with Crippen molar-refractivity contribution in [3.63, 3.8) is 0 Å². The van der Waals surface area contributed by atoms with Crippen LogP contribution in [0.4, 0.5) is 4.39 Å². The third-order valence-electron chi connectivity index (χ3n) is 1.55. The molecule has 0 unspecified atom stereocenters. The van der Waals surface area contributed by atoms with Gasteiger partial charge in [0.25, 0.3) is 0 Å². The van der Waals surface area contributed by atoms with Gasteiger partial charge >= 0.3 is 5.97 Å². The van der Waals surface area contributed by atoms with E-state index in [-0.39, 0.29) is 0 Å². The van der Waals surface area contributed by atoms with Crippen molar-refractivity contribution in [1.29, 1.82) is 0 Å². The van der Waals surface area contributed by atoms with Crippen LogP contribution in [-0.2, 0) is 4.79 Å². The molecule has 5 heteroatoms. The quantitative estimate of drug-likeness (QED) is 0.910. The smallest absolute Gasteiger partial charge is 0.344 e. The van der Waals surface area contributed by atoms with Gasteiger partial charge < -0.3 is 9.84 Å². The van der Waals surface area contributed by atoms with Crippen molar-refractivity contribution in [2.45, 2.75) is 13.0 Å². The molecule has 0 aliphatic rings. The first-order valence-corrected chi connectivity index (χ1v) is 4.64. The minimum atomic E-state index is -1.07. The summed E-state index contributed by atoms with van der Waals surface area (Å²) in [5.74, 6) is -1.17. The molecule has 0 bridgehead atoms. The van der Waals surface area contributed by atoms with Gasteiger partial charge in [-0.05, 0) is 41.1 Å². The number of aliphatic carboxylic acids is 1. The second-order valence-electron chi connectivity index (χ2n) is 2.67. The fraction of sp³-hybridized carbons (Fsp3) is 0.222. The molecule has 0 aliphatic heterocycles. The maximum atomic E-state index is 12.6.